The maximum Gasteiger partial charge on any atom is 0.346 e. The van der Waals surface area contributed by atoms with E-state index in [0.29, 0.717) is 0 Å². The second-order valence-electron chi connectivity index (χ2n) is 3.03. The highest BCUT2D eigenvalue weighted by Gasteiger charge is 2.31. The first-order valence-corrected chi connectivity index (χ1v) is 5.61. The molecule has 0 fully saturated rings. The molecule has 2 rings (SSSR count). The number of esters is 2. The van der Waals surface area contributed by atoms with Gasteiger partial charge in [-0.25, -0.2) is 18.0 Å². The third-order valence-electron chi connectivity index (χ3n) is 2.06. The SMILES string of the molecule is [N-]=[N+]=NS(=O)(=O)c1ccc2c(c1)C(=O)OC2=O. The first-order chi connectivity index (χ1) is 7.95. The summed E-state index contributed by atoms with van der Waals surface area (Å²) >= 11 is 0. The smallest absolute Gasteiger partial charge is 0.346 e. The van der Waals surface area contributed by atoms with Crippen LogP contribution in [0.3, 0.4) is 0 Å². The van der Waals surface area contributed by atoms with Gasteiger partial charge in [-0.15, -0.1) is 0 Å². The van der Waals surface area contributed by atoms with Crippen molar-refractivity contribution in [2.24, 2.45) is 4.52 Å². The number of cyclic esters (lactones) is 2. The first-order valence-electron chi connectivity index (χ1n) is 4.17. The van der Waals surface area contributed by atoms with E-state index in [0.717, 1.165) is 18.2 Å². The van der Waals surface area contributed by atoms with Crippen LogP contribution in [0.1, 0.15) is 20.7 Å². The molecule has 0 atom stereocenters. The summed E-state index contributed by atoms with van der Waals surface area (Å²) in [4.78, 5) is 24.1. The zero-order valence-corrected chi connectivity index (χ0v) is 8.84. The summed E-state index contributed by atoms with van der Waals surface area (Å²) in [5.74, 6) is -1.76. The Labute approximate surface area is 94.5 Å². The van der Waals surface area contributed by atoms with Gasteiger partial charge < -0.3 is 4.74 Å². The number of fused-ring (bicyclic) bond motifs is 1. The molecule has 0 spiro atoms. The zero-order valence-electron chi connectivity index (χ0n) is 8.02. The quantitative estimate of drug-likeness (QED) is 0.255. The molecule has 1 aliphatic rings. The number of ether oxygens (including phenoxy) is 1. The predicted octanol–water partition coefficient (Wildman–Crippen LogP) is 0.996. The van der Waals surface area contributed by atoms with Gasteiger partial charge >= 0.3 is 11.9 Å². The second-order valence-corrected chi connectivity index (χ2v) is 4.62. The monoisotopic (exact) mass is 253 g/mol. The first kappa shape index (κ1) is 11.1. The lowest BCUT2D eigenvalue weighted by molar-refractivity contribution is 0.0443. The lowest BCUT2D eigenvalue weighted by Gasteiger charge is -1.98. The molecular weight excluding hydrogens is 250 g/mol. The Morgan fingerprint density at radius 1 is 1.18 bits per heavy atom. The Hall–Kier alpha value is -2.38. The standard InChI is InChI=1S/C8H3N3O5S/c9-10-11-17(14,15)4-1-2-5-6(3-4)8(13)16-7(5)12/h1-3H. The maximum atomic E-state index is 11.4. The van der Waals surface area contributed by atoms with Gasteiger partial charge in [0.25, 0.3) is 10.0 Å². The number of hydrogen-bond acceptors (Lipinski definition) is 5. The van der Waals surface area contributed by atoms with E-state index >= 15 is 0 Å². The highest BCUT2D eigenvalue weighted by atomic mass is 32.2. The van der Waals surface area contributed by atoms with Gasteiger partial charge in [-0.3, -0.25) is 0 Å². The number of benzene rings is 1. The molecule has 0 bridgehead atoms. The van der Waals surface area contributed by atoms with Crippen LogP contribution in [0.4, 0.5) is 0 Å². The minimum absolute atomic E-state index is 0.0186. The molecule has 0 amide bonds. The molecule has 8 nitrogen and oxygen atoms in total. The number of rotatable bonds is 2. The van der Waals surface area contributed by atoms with Gasteiger partial charge in [0.2, 0.25) is 0 Å². The molecular formula is C8H3N3O5S. The van der Waals surface area contributed by atoms with Gasteiger partial charge in [0, 0.05) is 9.43 Å². The Balaban J connectivity index is 2.64. The second kappa shape index (κ2) is 3.58. The number of azide groups is 1. The maximum absolute atomic E-state index is 11.4. The lowest BCUT2D eigenvalue weighted by atomic mass is 10.1. The van der Waals surface area contributed by atoms with Crippen molar-refractivity contribution in [2.75, 3.05) is 0 Å². The van der Waals surface area contributed by atoms with Crippen molar-refractivity contribution >= 4 is 22.0 Å². The van der Waals surface area contributed by atoms with Crippen LogP contribution < -0.4 is 0 Å². The topological polar surface area (TPSA) is 126 Å². The van der Waals surface area contributed by atoms with Crippen molar-refractivity contribution < 1.29 is 22.7 Å². The fraction of sp³-hybridized carbons (Fsp3) is 0. The highest BCUT2D eigenvalue weighted by molar-refractivity contribution is 7.90. The van der Waals surface area contributed by atoms with Gasteiger partial charge in [-0.2, -0.15) is 0 Å². The molecule has 0 unspecified atom stereocenters. The van der Waals surface area contributed by atoms with Crippen LogP contribution in [0.15, 0.2) is 27.6 Å². The van der Waals surface area contributed by atoms with Crippen molar-refractivity contribution in [1.82, 2.24) is 0 Å². The highest BCUT2D eigenvalue weighted by Crippen LogP contribution is 2.24. The Bertz CT molecular complexity index is 687. The van der Waals surface area contributed by atoms with Gasteiger partial charge in [-0.05, 0) is 23.7 Å². The molecule has 17 heavy (non-hydrogen) atoms. The Morgan fingerprint density at radius 2 is 1.82 bits per heavy atom. The summed E-state index contributed by atoms with van der Waals surface area (Å²) in [5, 5.41) is 0. The van der Waals surface area contributed by atoms with E-state index < -0.39 is 22.0 Å². The summed E-state index contributed by atoms with van der Waals surface area (Å²) < 4.78 is 29.6. The molecule has 1 aromatic rings. The van der Waals surface area contributed by atoms with Crippen molar-refractivity contribution in [2.45, 2.75) is 4.90 Å². The summed E-state index contributed by atoms with van der Waals surface area (Å²) in [6, 6.07) is 3.12. The molecule has 86 valence electrons. The summed E-state index contributed by atoms with van der Waals surface area (Å²) in [6.45, 7) is 0. The van der Waals surface area contributed by atoms with Gasteiger partial charge in [0.1, 0.15) is 0 Å². The van der Waals surface area contributed by atoms with Crippen LogP contribution in [0, 0.1) is 0 Å². The lowest BCUT2D eigenvalue weighted by Crippen LogP contribution is -1.99. The van der Waals surface area contributed by atoms with Gasteiger partial charge in [-0.1, -0.05) is 0 Å². The fourth-order valence-electron chi connectivity index (χ4n) is 1.32. The summed E-state index contributed by atoms with van der Waals surface area (Å²) in [6.07, 6.45) is 0. The van der Waals surface area contributed by atoms with Crippen molar-refractivity contribution in [1.29, 1.82) is 0 Å². The number of carbonyl (C=O) groups is 2. The predicted molar refractivity (Wildman–Crippen MR) is 52.5 cm³/mol. The van der Waals surface area contributed by atoms with E-state index in [4.69, 9.17) is 5.53 Å². The molecule has 0 saturated heterocycles. The Kier molecular flexibility index (Phi) is 2.34. The Morgan fingerprint density at radius 3 is 2.47 bits per heavy atom. The average Bonchev–Trinajstić information content (AvgIpc) is 2.54. The van der Waals surface area contributed by atoms with E-state index in [1.54, 1.807) is 0 Å². The zero-order chi connectivity index (χ0) is 12.6. The van der Waals surface area contributed by atoms with E-state index in [1.807, 2.05) is 0 Å². The molecule has 1 heterocycles. The number of sulfonamides is 1. The van der Waals surface area contributed by atoms with E-state index in [2.05, 4.69) is 14.2 Å². The van der Waals surface area contributed by atoms with Crippen LogP contribution in [0.2, 0.25) is 0 Å². The van der Waals surface area contributed by atoms with E-state index in [1.165, 1.54) is 0 Å². The van der Waals surface area contributed by atoms with Crippen molar-refractivity contribution in [3.63, 3.8) is 0 Å². The van der Waals surface area contributed by atoms with Crippen molar-refractivity contribution in [3.05, 3.63) is 39.8 Å². The number of carbonyl (C=O) groups excluding carboxylic acids is 2. The van der Waals surface area contributed by atoms with Crippen molar-refractivity contribution in [3.8, 4) is 0 Å². The minimum atomic E-state index is -4.18. The largest absolute Gasteiger partial charge is 0.386 e. The molecule has 0 aliphatic carbocycles. The third-order valence-corrected chi connectivity index (χ3v) is 3.20. The molecule has 0 N–H and O–H groups in total. The molecule has 0 aromatic heterocycles. The van der Waals surface area contributed by atoms with Gasteiger partial charge in [0.05, 0.1) is 16.0 Å². The average molecular weight is 253 g/mol. The van der Waals surface area contributed by atoms with Gasteiger partial charge in [0.15, 0.2) is 0 Å². The van der Waals surface area contributed by atoms with Crippen LogP contribution in [0.25, 0.3) is 10.4 Å². The van der Waals surface area contributed by atoms with E-state index in [9.17, 15) is 18.0 Å². The fourth-order valence-corrected chi connectivity index (χ4v) is 2.02. The number of hydrogen-bond donors (Lipinski definition) is 0. The third kappa shape index (κ3) is 1.73. The van der Waals surface area contributed by atoms with Crippen LogP contribution in [0.5, 0.6) is 0 Å². The van der Waals surface area contributed by atoms with E-state index in [-0.39, 0.29) is 16.0 Å². The normalized spacial score (nSPS) is 13.9. The molecule has 9 heteroatoms. The minimum Gasteiger partial charge on any atom is -0.386 e. The van der Waals surface area contributed by atoms with Crippen LogP contribution in [-0.4, -0.2) is 20.4 Å². The molecule has 0 radical (unpaired) electrons. The van der Waals surface area contributed by atoms with Crippen LogP contribution >= 0.6 is 0 Å². The molecule has 0 saturated carbocycles. The summed E-state index contributed by atoms with van der Waals surface area (Å²) in [5.41, 5.74) is 7.90. The molecule has 1 aliphatic heterocycles. The summed E-state index contributed by atoms with van der Waals surface area (Å²) in [7, 11) is -4.18. The van der Waals surface area contributed by atoms with Crippen LogP contribution in [-0.2, 0) is 14.8 Å². The number of nitrogens with zero attached hydrogens (tertiary/aromatic N) is 3. The molecule has 1 aromatic carbocycles.